The fourth-order valence-corrected chi connectivity index (χ4v) is 2.80. The molecule has 0 saturated carbocycles. The molecule has 1 aliphatic heterocycles. The maximum atomic E-state index is 12.1. The largest absolute Gasteiger partial charge is 0.354 e. The van der Waals surface area contributed by atoms with Gasteiger partial charge < -0.3 is 20.9 Å². The zero-order valence-electron chi connectivity index (χ0n) is 15.7. The van der Waals surface area contributed by atoms with Gasteiger partial charge in [-0.15, -0.1) is 37.2 Å². The van der Waals surface area contributed by atoms with Gasteiger partial charge in [0.15, 0.2) is 0 Å². The maximum Gasteiger partial charge on any atom is 0.237 e. The van der Waals surface area contributed by atoms with Gasteiger partial charge in [0.25, 0.3) is 0 Å². The number of carbonyl (C=O) groups is 1. The number of rotatable bonds is 6. The van der Waals surface area contributed by atoms with Crippen LogP contribution in [-0.2, 0) is 11.3 Å². The number of hydrogen-bond donors (Lipinski definition) is 2. The first-order valence-electron chi connectivity index (χ1n) is 8.38. The molecule has 152 valence electrons. The van der Waals surface area contributed by atoms with E-state index in [0.717, 1.165) is 37.6 Å². The van der Waals surface area contributed by atoms with Crippen LogP contribution in [0.5, 0.6) is 0 Å². The number of amides is 1. The highest BCUT2D eigenvalue weighted by Crippen LogP contribution is 2.18. The highest BCUT2D eigenvalue weighted by molar-refractivity contribution is 5.86. The van der Waals surface area contributed by atoms with Crippen molar-refractivity contribution >= 4 is 48.9 Å². The van der Waals surface area contributed by atoms with Crippen molar-refractivity contribution in [3.05, 3.63) is 23.9 Å². The van der Waals surface area contributed by atoms with Gasteiger partial charge in [0.2, 0.25) is 5.91 Å². The highest BCUT2D eigenvalue weighted by atomic mass is 35.5. The van der Waals surface area contributed by atoms with Gasteiger partial charge in [-0.2, -0.15) is 0 Å². The number of carbonyl (C=O) groups excluding carboxylic acids is 1. The van der Waals surface area contributed by atoms with Gasteiger partial charge >= 0.3 is 0 Å². The van der Waals surface area contributed by atoms with Crippen LogP contribution >= 0.6 is 37.2 Å². The smallest absolute Gasteiger partial charge is 0.237 e. The lowest BCUT2D eigenvalue weighted by Gasteiger charge is -2.34. The number of likely N-dealkylation sites (N-methyl/N-ethyl adjacent to an activating group) is 1. The van der Waals surface area contributed by atoms with Crippen molar-refractivity contribution in [2.45, 2.75) is 32.9 Å². The lowest BCUT2D eigenvalue weighted by atomic mass is 10.0. The Hall–Kier alpha value is -0.790. The number of piperazine rings is 1. The number of anilines is 1. The fraction of sp³-hybridized carbons (Fsp3) is 0.647. The molecule has 1 aromatic heterocycles. The second-order valence-electron chi connectivity index (χ2n) is 6.73. The summed E-state index contributed by atoms with van der Waals surface area (Å²) in [5, 5.41) is 2.95. The molecule has 26 heavy (non-hydrogen) atoms. The Morgan fingerprint density at radius 1 is 1.23 bits per heavy atom. The second-order valence-corrected chi connectivity index (χ2v) is 6.73. The van der Waals surface area contributed by atoms with E-state index in [2.05, 4.69) is 41.0 Å². The van der Waals surface area contributed by atoms with E-state index in [-0.39, 0.29) is 43.1 Å². The Bertz CT molecular complexity index is 525. The van der Waals surface area contributed by atoms with E-state index < -0.39 is 6.04 Å². The van der Waals surface area contributed by atoms with Gasteiger partial charge in [-0.25, -0.2) is 4.98 Å². The van der Waals surface area contributed by atoms with Crippen LogP contribution in [0.4, 0.5) is 5.82 Å². The summed E-state index contributed by atoms with van der Waals surface area (Å²) in [5.41, 5.74) is 6.98. The van der Waals surface area contributed by atoms with Crippen molar-refractivity contribution < 1.29 is 4.79 Å². The number of nitrogens with one attached hydrogen (secondary N) is 1. The summed E-state index contributed by atoms with van der Waals surface area (Å²) in [6.45, 7) is 8.59. The van der Waals surface area contributed by atoms with Gasteiger partial charge in [-0.05, 0) is 25.5 Å². The van der Waals surface area contributed by atoms with E-state index in [1.165, 1.54) is 0 Å². The van der Waals surface area contributed by atoms with E-state index >= 15 is 0 Å². The molecule has 3 N–H and O–H groups in total. The van der Waals surface area contributed by atoms with Gasteiger partial charge in [0.05, 0.1) is 6.04 Å². The SMILES string of the molecule is CC(C)C[C@H](N)C(=O)NCc1cccnc1N1CCN(C)CC1.Cl.Cl.Cl. The first-order chi connectivity index (χ1) is 11.0. The first kappa shape index (κ1) is 27.4. The normalized spacial score (nSPS) is 15.3. The monoisotopic (exact) mass is 427 g/mol. The Labute approximate surface area is 175 Å². The summed E-state index contributed by atoms with van der Waals surface area (Å²) in [7, 11) is 2.13. The second kappa shape index (κ2) is 13.4. The average Bonchev–Trinajstić information content (AvgIpc) is 2.53. The predicted molar refractivity (Wildman–Crippen MR) is 115 cm³/mol. The quantitative estimate of drug-likeness (QED) is 0.725. The van der Waals surface area contributed by atoms with Crippen molar-refractivity contribution in [2.75, 3.05) is 38.1 Å². The van der Waals surface area contributed by atoms with Crippen LogP contribution in [0.15, 0.2) is 18.3 Å². The van der Waals surface area contributed by atoms with Crippen LogP contribution in [0, 0.1) is 5.92 Å². The molecule has 1 atom stereocenters. The van der Waals surface area contributed by atoms with E-state index in [1.54, 1.807) is 0 Å². The third kappa shape index (κ3) is 8.27. The zero-order valence-corrected chi connectivity index (χ0v) is 18.1. The third-order valence-electron chi connectivity index (χ3n) is 4.19. The lowest BCUT2D eigenvalue weighted by Crippen LogP contribution is -2.45. The van der Waals surface area contributed by atoms with Crippen LogP contribution in [0.2, 0.25) is 0 Å². The number of hydrogen-bond acceptors (Lipinski definition) is 5. The van der Waals surface area contributed by atoms with Crippen molar-refractivity contribution in [1.29, 1.82) is 0 Å². The standard InChI is InChI=1S/C17H29N5O.3ClH/c1-13(2)11-15(18)17(23)20-12-14-5-4-6-19-16(14)22-9-7-21(3)8-10-22;;;/h4-6,13,15H,7-12,18H2,1-3H3,(H,20,23);3*1H/t15-;;;/m0.../s1. The summed E-state index contributed by atoms with van der Waals surface area (Å²) in [6, 6.07) is 3.49. The van der Waals surface area contributed by atoms with Crippen LogP contribution in [-0.4, -0.2) is 55.1 Å². The minimum Gasteiger partial charge on any atom is -0.354 e. The highest BCUT2D eigenvalue weighted by Gasteiger charge is 2.19. The molecule has 1 fully saturated rings. The molecule has 1 aromatic rings. The van der Waals surface area contributed by atoms with Crippen LogP contribution in [0.3, 0.4) is 0 Å². The zero-order chi connectivity index (χ0) is 16.8. The number of pyridine rings is 1. The fourth-order valence-electron chi connectivity index (χ4n) is 2.80. The number of aromatic nitrogens is 1. The first-order valence-corrected chi connectivity index (χ1v) is 8.38. The maximum absolute atomic E-state index is 12.1. The molecule has 1 amide bonds. The molecule has 0 spiro atoms. The van der Waals surface area contributed by atoms with E-state index in [9.17, 15) is 4.79 Å². The third-order valence-corrected chi connectivity index (χ3v) is 4.19. The molecule has 9 heteroatoms. The molecule has 0 aliphatic carbocycles. The summed E-state index contributed by atoms with van der Waals surface area (Å²) in [5.74, 6) is 1.29. The molecule has 0 bridgehead atoms. The molecule has 1 saturated heterocycles. The van der Waals surface area contributed by atoms with Crippen LogP contribution in [0.1, 0.15) is 25.8 Å². The Morgan fingerprint density at radius 3 is 2.42 bits per heavy atom. The summed E-state index contributed by atoms with van der Waals surface area (Å²) >= 11 is 0. The number of nitrogens with zero attached hydrogens (tertiary/aromatic N) is 3. The number of nitrogens with two attached hydrogens (primary N) is 1. The Balaban J connectivity index is 0. The Kier molecular flexibility index (Phi) is 14.1. The number of halogens is 3. The molecule has 1 aliphatic rings. The molecule has 0 aromatic carbocycles. The Morgan fingerprint density at radius 2 is 1.85 bits per heavy atom. The van der Waals surface area contributed by atoms with Gasteiger partial charge in [-0.1, -0.05) is 19.9 Å². The summed E-state index contributed by atoms with van der Waals surface area (Å²) < 4.78 is 0. The molecule has 2 rings (SSSR count). The molecular weight excluding hydrogens is 397 g/mol. The minimum atomic E-state index is -0.446. The average molecular weight is 429 g/mol. The van der Waals surface area contributed by atoms with Crippen LogP contribution in [0.25, 0.3) is 0 Å². The van der Waals surface area contributed by atoms with Gasteiger partial charge in [-0.3, -0.25) is 4.79 Å². The van der Waals surface area contributed by atoms with E-state index in [1.807, 2.05) is 18.3 Å². The molecule has 0 radical (unpaired) electrons. The minimum absolute atomic E-state index is 0. The van der Waals surface area contributed by atoms with E-state index in [4.69, 9.17) is 5.73 Å². The van der Waals surface area contributed by atoms with Crippen molar-refractivity contribution in [1.82, 2.24) is 15.2 Å². The van der Waals surface area contributed by atoms with Gasteiger partial charge in [0, 0.05) is 44.5 Å². The van der Waals surface area contributed by atoms with Crippen molar-refractivity contribution in [3.8, 4) is 0 Å². The topological polar surface area (TPSA) is 74.5 Å². The molecule has 0 unspecified atom stereocenters. The van der Waals surface area contributed by atoms with E-state index in [0.29, 0.717) is 18.9 Å². The summed E-state index contributed by atoms with van der Waals surface area (Å²) in [6.07, 6.45) is 2.51. The lowest BCUT2D eigenvalue weighted by molar-refractivity contribution is -0.122. The molecule has 2 heterocycles. The summed E-state index contributed by atoms with van der Waals surface area (Å²) in [4.78, 5) is 21.2. The molecular formula is C17H32Cl3N5O. The molecule has 6 nitrogen and oxygen atoms in total. The van der Waals surface area contributed by atoms with Crippen molar-refractivity contribution in [3.63, 3.8) is 0 Å². The van der Waals surface area contributed by atoms with Crippen LogP contribution < -0.4 is 16.0 Å². The predicted octanol–water partition coefficient (Wildman–Crippen LogP) is 2.09. The van der Waals surface area contributed by atoms with Gasteiger partial charge in [0.1, 0.15) is 5.82 Å². The van der Waals surface area contributed by atoms with Crippen molar-refractivity contribution in [2.24, 2.45) is 11.7 Å².